The Labute approximate surface area is 124 Å². The second-order valence-corrected chi connectivity index (χ2v) is 4.79. The molecule has 0 spiro atoms. The summed E-state index contributed by atoms with van der Waals surface area (Å²) in [5, 5.41) is 10.1. The van der Waals surface area contributed by atoms with E-state index in [9.17, 15) is 5.11 Å². The zero-order chi connectivity index (χ0) is 14.7. The lowest BCUT2D eigenvalue weighted by molar-refractivity contribution is 0.415. The molecule has 0 amide bonds. The fourth-order valence-corrected chi connectivity index (χ4v) is 2.44. The van der Waals surface area contributed by atoms with Crippen LogP contribution in [-0.4, -0.2) is 12.2 Å². The molecule has 21 heavy (non-hydrogen) atoms. The van der Waals surface area contributed by atoms with Crippen molar-refractivity contribution in [3.8, 4) is 33.8 Å². The minimum absolute atomic E-state index is 0.290. The van der Waals surface area contributed by atoms with E-state index in [2.05, 4.69) is 6.07 Å². The maximum absolute atomic E-state index is 10.1. The van der Waals surface area contributed by atoms with Crippen molar-refractivity contribution in [2.45, 2.75) is 0 Å². The summed E-state index contributed by atoms with van der Waals surface area (Å²) < 4.78 is 5.20. The third kappa shape index (κ3) is 2.61. The highest BCUT2D eigenvalue weighted by Gasteiger charge is 2.09. The highest BCUT2D eigenvalue weighted by atomic mass is 16.5. The molecule has 104 valence electrons. The Morgan fingerprint density at radius 1 is 0.667 bits per heavy atom. The van der Waals surface area contributed by atoms with Gasteiger partial charge in [-0.3, -0.25) is 0 Å². The summed E-state index contributed by atoms with van der Waals surface area (Å²) in [6.07, 6.45) is 0. The highest BCUT2D eigenvalue weighted by Crippen LogP contribution is 2.36. The van der Waals surface area contributed by atoms with Gasteiger partial charge in [0.25, 0.3) is 0 Å². The topological polar surface area (TPSA) is 29.5 Å². The third-order valence-corrected chi connectivity index (χ3v) is 3.52. The molecule has 3 rings (SSSR count). The Kier molecular flexibility index (Phi) is 3.61. The minimum atomic E-state index is 0.290. The number of para-hydroxylation sites is 1. The summed E-state index contributed by atoms with van der Waals surface area (Å²) in [7, 11) is 1.66. The largest absolute Gasteiger partial charge is 0.507 e. The number of benzene rings is 3. The van der Waals surface area contributed by atoms with Gasteiger partial charge < -0.3 is 9.84 Å². The van der Waals surface area contributed by atoms with Crippen LogP contribution in [0.5, 0.6) is 11.5 Å². The minimum Gasteiger partial charge on any atom is -0.507 e. The van der Waals surface area contributed by atoms with Gasteiger partial charge in [0.05, 0.1) is 7.11 Å². The number of aromatic hydroxyl groups is 1. The van der Waals surface area contributed by atoms with Gasteiger partial charge in [-0.1, -0.05) is 54.6 Å². The Balaban J connectivity index is 2.13. The van der Waals surface area contributed by atoms with E-state index in [0.29, 0.717) is 5.75 Å². The maximum Gasteiger partial charge on any atom is 0.123 e. The van der Waals surface area contributed by atoms with E-state index in [0.717, 1.165) is 28.0 Å². The smallest absolute Gasteiger partial charge is 0.123 e. The SMILES string of the molecule is COc1ccc(-c2ccccc2-c2ccccc2O)cc1. The van der Waals surface area contributed by atoms with Gasteiger partial charge in [-0.15, -0.1) is 0 Å². The van der Waals surface area contributed by atoms with Crippen molar-refractivity contribution in [1.29, 1.82) is 0 Å². The Hall–Kier alpha value is -2.74. The second kappa shape index (κ2) is 5.71. The van der Waals surface area contributed by atoms with Crippen LogP contribution < -0.4 is 4.74 Å². The first kappa shape index (κ1) is 13.3. The summed E-state index contributed by atoms with van der Waals surface area (Å²) in [6, 6.07) is 23.4. The van der Waals surface area contributed by atoms with Crippen molar-refractivity contribution < 1.29 is 9.84 Å². The van der Waals surface area contributed by atoms with Crippen LogP contribution in [0.1, 0.15) is 0 Å². The van der Waals surface area contributed by atoms with Gasteiger partial charge in [0.1, 0.15) is 11.5 Å². The molecule has 2 nitrogen and oxygen atoms in total. The number of hydrogen-bond acceptors (Lipinski definition) is 2. The van der Waals surface area contributed by atoms with E-state index in [-0.39, 0.29) is 0 Å². The number of rotatable bonds is 3. The lowest BCUT2D eigenvalue weighted by Crippen LogP contribution is -1.86. The molecule has 0 aromatic heterocycles. The van der Waals surface area contributed by atoms with Gasteiger partial charge in [0.2, 0.25) is 0 Å². The van der Waals surface area contributed by atoms with Crippen LogP contribution in [-0.2, 0) is 0 Å². The first-order chi connectivity index (χ1) is 10.3. The monoisotopic (exact) mass is 276 g/mol. The van der Waals surface area contributed by atoms with E-state index in [1.54, 1.807) is 13.2 Å². The fraction of sp³-hybridized carbons (Fsp3) is 0.0526. The van der Waals surface area contributed by atoms with Crippen molar-refractivity contribution in [2.75, 3.05) is 7.11 Å². The average molecular weight is 276 g/mol. The number of phenols is 1. The molecular formula is C19H16O2. The Morgan fingerprint density at radius 2 is 1.24 bits per heavy atom. The molecule has 2 heteroatoms. The average Bonchev–Trinajstić information content (AvgIpc) is 2.55. The molecule has 0 bridgehead atoms. The predicted molar refractivity (Wildman–Crippen MR) is 85.5 cm³/mol. The summed E-state index contributed by atoms with van der Waals surface area (Å²) >= 11 is 0. The Bertz CT molecular complexity index is 746. The Morgan fingerprint density at radius 3 is 1.86 bits per heavy atom. The molecule has 3 aromatic rings. The molecule has 0 aliphatic heterocycles. The van der Waals surface area contributed by atoms with Crippen molar-refractivity contribution >= 4 is 0 Å². The van der Waals surface area contributed by atoms with Gasteiger partial charge in [0.15, 0.2) is 0 Å². The summed E-state index contributed by atoms with van der Waals surface area (Å²) in [4.78, 5) is 0. The molecule has 0 atom stereocenters. The molecular weight excluding hydrogens is 260 g/mol. The van der Waals surface area contributed by atoms with Crippen molar-refractivity contribution in [2.24, 2.45) is 0 Å². The quantitative estimate of drug-likeness (QED) is 0.749. The van der Waals surface area contributed by atoms with Crippen LogP contribution in [0.3, 0.4) is 0 Å². The van der Waals surface area contributed by atoms with E-state index in [1.165, 1.54) is 0 Å². The van der Waals surface area contributed by atoms with Gasteiger partial charge in [-0.25, -0.2) is 0 Å². The van der Waals surface area contributed by atoms with E-state index in [4.69, 9.17) is 4.74 Å². The standard InChI is InChI=1S/C19H16O2/c1-21-15-12-10-14(11-13-15)16-6-2-3-7-17(16)18-8-4-5-9-19(18)20/h2-13,20H,1H3. The van der Waals surface area contributed by atoms with Crippen LogP contribution in [0.2, 0.25) is 0 Å². The molecule has 0 aliphatic carbocycles. The molecule has 0 unspecified atom stereocenters. The molecule has 0 saturated heterocycles. The lowest BCUT2D eigenvalue weighted by Gasteiger charge is -2.12. The van der Waals surface area contributed by atoms with Crippen LogP contribution >= 0.6 is 0 Å². The van der Waals surface area contributed by atoms with E-state index in [1.807, 2.05) is 60.7 Å². The predicted octanol–water partition coefficient (Wildman–Crippen LogP) is 4.73. The van der Waals surface area contributed by atoms with Crippen molar-refractivity contribution in [3.63, 3.8) is 0 Å². The molecule has 0 saturated carbocycles. The molecule has 3 aromatic carbocycles. The molecule has 0 aliphatic rings. The molecule has 0 radical (unpaired) electrons. The zero-order valence-electron chi connectivity index (χ0n) is 11.8. The van der Waals surface area contributed by atoms with Gasteiger partial charge in [-0.2, -0.15) is 0 Å². The van der Waals surface area contributed by atoms with Crippen LogP contribution in [0.4, 0.5) is 0 Å². The molecule has 1 N–H and O–H groups in total. The van der Waals surface area contributed by atoms with Crippen LogP contribution in [0, 0.1) is 0 Å². The van der Waals surface area contributed by atoms with E-state index >= 15 is 0 Å². The van der Waals surface area contributed by atoms with Crippen molar-refractivity contribution in [1.82, 2.24) is 0 Å². The second-order valence-electron chi connectivity index (χ2n) is 4.79. The van der Waals surface area contributed by atoms with Gasteiger partial charge >= 0.3 is 0 Å². The van der Waals surface area contributed by atoms with Crippen LogP contribution in [0.25, 0.3) is 22.3 Å². The fourth-order valence-electron chi connectivity index (χ4n) is 2.44. The lowest BCUT2D eigenvalue weighted by atomic mass is 9.94. The number of phenolic OH excluding ortho intramolecular Hbond substituents is 1. The third-order valence-electron chi connectivity index (χ3n) is 3.52. The number of methoxy groups -OCH3 is 1. The normalized spacial score (nSPS) is 10.3. The number of ether oxygens (including phenoxy) is 1. The first-order valence-corrected chi connectivity index (χ1v) is 6.81. The van der Waals surface area contributed by atoms with Gasteiger partial charge in [-0.05, 0) is 34.9 Å². The highest BCUT2D eigenvalue weighted by molar-refractivity contribution is 5.85. The first-order valence-electron chi connectivity index (χ1n) is 6.81. The summed E-state index contributed by atoms with van der Waals surface area (Å²) in [5.74, 6) is 1.12. The van der Waals surface area contributed by atoms with E-state index < -0.39 is 0 Å². The van der Waals surface area contributed by atoms with Crippen molar-refractivity contribution in [3.05, 3.63) is 72.8 Å². The van der Waals surface area contributed by atoms with Crippen LogP contribution in [0.15, 0.2) is 72.8 Å². The summed E-state index contributed by atoms with van der Waals surface area (Å²) in [5.41, 5.74) is 4.03. The maximum atomic E-state index is 10.1. The number of hydrogen-bond donors (Lipinski definition) is 1. The zero-order valence-corrected chi connectivity index (χ0v) is 11.8. The summed E-state index contributed by atoms with van der Waals surface area (Å²) in [6.45, 7) is 0. The molecule has 0 fully saturated rings. The molecule has 0 heterocycles. The van der Waals surface area contributed by atoms with Gasteiger partial charge in [0, 0.05) is 5.56 Å².